The van der Waals surface area contributed by atoms with Crippen molar-refractivity contribution < 1.29 is 31.2 Å². The Kier molecular flexibility index (Phi) is 9.49. The van der Waals surface area contributed by atoms with Crippen LogP contribution in [0, 0.1) is 0 Å². The molecule has 13 heteroatoms. The van der Waals surface area contributed by atoms with Gasteiger partial charge in [-0.3, -0.25) is 4.79 Å². The van der Waals surface area contributed by atoms with Crippen LogP contribution in [0.5, 0.6) is 0 Å². The molecule has 0 aromatic heterocycles. The second-order valence-electron chi connectivity index (χ2n) is 10.1. The summed E-state index contributed by atoms with van der Waals surface area (Å²) < 4.78 is 67.3. The summed E-state index contributed by atoms with van der Waals surface area (Å²) in [5, 5.41) is 5.71. The van der Waals surface area contributed by atoms with Crippen LogP contribution in [0.3, 0.4) is 0 Å². The number of anilines is 1. The molecule has 0 spiro atoms. The zero-order valence-electron chi connectivity index (χ0n) is 22.9. The van der Waals surface area contributed by atoms with E-state index in [0.717, 1.165) is 27.6 Å². The first-order chi connectivity index (χ1) is 19.8. The third kappa shape index (κ3) is 7.23. The van der Waals surface area contributed by atoms with Crippen molar-refractivity contribution in [2.45, 2.75) is 43.4 Å². The Labute approximate surface area is 247 Å². The van der Waals surface area contributed by atoms with Gasteiger partial charge in [0.25, 0.3) is 0 Å². The average Bonchev–Trinajstić information content (AvgIpc) is 2.96. The maximum absolute atomic E-state index is 13.6. The van der Waals surface area contributed by atoms with Crippen molar-refractivity contribution in [2.24, 2.45) is 0 Å². The van der Waals surface area contributed by atoms with Crippen LogP contribution < -0.4 is 10.6 Å². The topological polar surface area (TPSA) is 98.8 Å². The third-order valence-corrected chi connectivity index (χ3v) is 9.19. The highest BCUT2D eigenvalue weighted by Gasteiger charge is 2.42. The summed E-state index contributed by atoms with van der Waals surface area (Å²) >= 11 is 6.15. The number of hydrogen-bond acceptors (Lipinski definition) is 4. The fraction of sp³-hybridized carbons (Fsp3) is 0.310. The number of alkyl halides is 3. The Balaban J connectivity index is 1.57. The molecule has 1 fully saturated rings. The number of nitrogens with zero attached hydrogens (tertiary/aromatic N) is 2. The summed E-state index contributed by atoms with van der Waals surface area (Å²) in [4.78, 5) is 27.4. The van der Waals surface area contributed by atoms with E-state index in [4.69, 9.17) is 11.6 Å². The molecule has 3 aromatic carbocycles. The van der Waals surface area contributed by atoms with E-state index in [1.54, 1.807) is 24.3 Å². The van der Waals surface area contributed by atoms with Gasteiger partial charge >= 0.3 is 12.2 Å². The van der Waals surface area contributed by atoms with E-state index in [2.05, 4.69) is 24.5 Å². The van der Waals surface area contributed by atoms with E-state index < -0.39 is 44.6 Å². The van der Waals surface area contributed by atoms with Gasteiger partial charge in [0.1, 0.15) is 6.04 Å². The van der Waals surface area contributed by atoms with E-state index in [1.807, 2.05) is 24.3 Å². The number of urea groups is 1. The molecule has 0 aliphatic carbocycles. The monoisotopic (exact) mass is 622 g/mol. The molecule has 1 atom stereocenters. The zero-order chi connectivity index (χ0) is 30.7. The van der Waals surface area contributed by atoms with Gasteiger partial charge in [0.15, 0.2) is 0 Å². The first kappa shape index (κ1) is 31.3. The predicted octanol–water partition coefficient (Wildman–Crippen LogP) is 5.71. The molecular weight excluding hydrogens is 593 g/mol. The Morgan fingerprint density at radius 3 is 2.21 bits per heavy atom. The zero-order valence-corrected chi connectivity index (χ0v) is 24.4. The van der Waals surface area contributed by atoms with Gasteiger partial charge in [-0.15, -0.1) is 0 Å². The molecule has 1 aliphatic rings. The molecule has 0 saturated carbocycles. The van der Waals surface area contributed by atoms with Crippen LogP contribution in [-0.2, 0) is 27.5 Å². The van der Waals surface area contributed by atoms with Gasteiger partial charge in [-0.1, -0.05) is 61.8 Å². The summed E-state index contributed by atoms with van der Waals surface area (Å²) in [5.41, 5.74) is 1.25. The highest BCUT2D eigenvalue weighted by molar-refractivity contribution is 7.89. The number of para-hydroxylation sites is 1. The minimum Gasteiger partial charge on any atom is -0.351 e. The molecule has 0 bridgehead atoms. The maximum atomic E-state index is 13.6. The summed E-state index contributed by atoms with van der Waals surface area (Å²) in [5.74, 6) is -0.337. The highest BCUT2D eigenvalue weighted by Crippen LogP contribution is 2.31. The number of hydrogen-bond donors (Lipinski definition) is 2. The number of halogens is 4. The Morgan fingerprint density at radius 1 is 0.976 bits per heavy atom. The van der Waals surface area contributed by atoms with Gasteiger partial charge in [-0.2, -0.15) is 17.5 Å². The van der Waals surface area contributed by atoms with Crippen LogP contribution in [-0.4, -0.2) is 55.2 Å². The van der Waals surface area contributed by atoms with E-state index in [9.17, 15) is 31.2 Å². The number of nitrogens with one attached hydrogen (secondary N) is 2. The average molecular weight is 623 g/mol. The van der Waals surface area contributed by atoms with Crippen LogP contribution in [0.2, 0.25) is 5.02 Å². The SMILES string of the molecule is CC(C)c1ccc(CNC(=O)[C@H]2CN(C(=O)Nc3ccccc3Cl)CCN2S(=O)(=O)c2ccc(C(F)(F)F)cc2)cc1. The van der Waals surface area contributed by atoms with Crippen LogP contribution in [0.4, 0.5) is 23.7 Å². The standard InChI is InChI=1S/C29H30ClF3N4O4S/c1-19(2)21-9-7-20(8-10-21)17-34-27(38)26-18-36(28(39)35-25-6-4-3-5-24(25)30)15-16-37(26)42(40,41)23-13-11-22(12-14-23)29(31,32)33/h3-14,19,26H,15-18H2,1-2H3,(H,34,38)(H,35,39)/t26-/m1/s1. The second kappa shape index (κ2) is 12.7. The van der Waals surface area contributed by atoms with Gasteiger partial charge < -0.3 is 15.5 Å². The first-order valence-corrected chi connectivity index (χ1v) is 15.0. The predicted molar refractivity (Wildman–Crippen MR) is 154 cm³/mol. The number of rotatable bonds is 7. The molecule has 2 N–H and O–H groups in total. The largest absolute Gasteiger partial charge is 0.416 e. The van der Waals surface area contributed by atoms with Crippen molar-refractivity contribution >= 4 is 39.2 Å². The molecule has 0 radical (unpaired) electrons. The Hall–Kier alpha value is -3.61. The number of benzene rings is 3. The summed E-state index contributed by atoms with van der Waals surface area (Å²) in [6.07, 6.45) is -4.64. The molecule has 0 unspecified atom stereocenters. The van der Waals surface area contributed by atoms with Gasteiger partial charge in [0.2, 0.25) is 15.9 Å². The fourth-order valence-corrected chi connectivity index (χ4v) is 6.24. The number of piperazine rings is 1. The second-order valence-corrected chi connectivity index (χ2v) is 12.4. The van der Waals surface area contributed by atoms with Crippen molar-refractivity contribution in [3.8, 4) is 0 Å². The fourth-order valence-electron chi connectivity index (χ4n) is 4.49. The van der Waals surface area contributed by atoms with Gasteiger partial charge in [-0.25, -0.2) is 13.2 Å². The van der Waals surface area contributed by atoms with Crippen molar-refractivity contribution in [3.63, 3.8) is 0 Å². The lowest BCUT2D eigenvalue weighted by Crippen LogP contribution is -2.61. The van der Waals surface area contributed by atoms with Crippen LogP contribution in [0.1, 0.15) is 36.5 Å². The minimum absolute atomic E-state index is 0.0728. The summed E-state index contributed by atoms with van der Waals surface area (Å²) in [6, 6.07) is 15.3. The molecule has 4 rings (SSSR count). The Bertz CT molecular complexity index is 1530. The summed E-state index contributed by atoms with van der Waals surface area (Å²) in [7, 11) is -4.41. The molecular formula is C29H30ClF3N4O4S. The smallest absolute Gasteiger partial charge is 0.351 e. The van der Waals surface area contributed by atoms with E-state index in [1.165, 1.54) is 4.90 Å². The van der Waals surface area contributed by atoms with E-state index in [0.29, 0.717) is 28.8 Å². The molecule has 1 aliphatic heterocycles. The van der Waals surface area contributed by atoms with Crippen molar-refractivity contribution in [3.05, 3.63) is 94.5 Å². The molecule has 3 aromatic rings. The van der Waals surface area contributed by atoms with Gasteiger partial charge in [0.05, 0.1) is 21.2 Å². The normalized spacial score (nSPS) is 16.4. The van der Waals surface area contributed by atoms with Crippen LogP contribution in [0.15, 0.2) is 77.7 Å². The van der Waals surface area contributed by atoms with Crippen LogP contribution >= 0.6 is 11.6 Å². The first-order valence-electron chi connectivity index (χ1n) is 13.1. The van der Waals surface area contributed by atoms with Gasteiger partial charge in [-0.05, 0) is 53.4 Å². The Morgan fingerprint density at radius 2 is 1.62 bits per heavy atom. The number of sulfonamides is 1. The molecule has 1 saturated heterocycles. The quantitative estimate of drug-likeness (QED) is 0.353. The van der Waals surface area contributed by atoms with Gasteiger partial charge in [0, 0.05) is 26.2 Å². The highest BCUT2D eigenvalue weighted by atomic mass is 35.5. The lowest BCUT2D eigenvalue weighted by Gasteiger charge is -2.39. The third-order valence-electron chi connectivity index (χ3n) is 6.94. The lowest BCUT2D eigenvalue weighted by molar-refractivity contribution is -0.137. The molecule has 8 nitrogen and oxygen atoms in total. The van der Waals surface area contributed by atoms with E-state index >= 15 is 0 Å². The molecule has 42 heavy (non-hydrogen) atoms. The summed E-state index contributed by atoms with van der Waals surface area (Å²) in [6.45, 7) is 3.58. The molecule has 1 heterocycles. The van der Waals surface area contributed by atoms with Crippen LogP contribution in [0.25, 0.3) is 0 Å². The van der Waals surface area contributed by atoms with Crippen molar-refractivity contribution in [1.29, 1.82) is 0 Å². The lowest BCUT2D eigenvalue weighted by atomic mass is 10.0. The number of carbonyl (C=O) groups is 2. The molecule has 3 amide bonds. The van der Waals surface area contributed by atoms with Crippen molar-refractivity contribution in [2.75, 3.05) is 25.0 Å². The maximum Gasteiger partial charge on any atom is 0.416 e. The minimum atomic E-state index is -4.64. The number of amides is 3. The van der Waals surface area contributed by atoms with Crippen molar-refractivity contribution in [1.82, 2.24) is 14.5 Å². The van der Waals surface area contributed by atoms with E-state index in [-0.39, 0.29) is 26.2 Å². The number of carbonyl (C=O) groups excluding carboxylic acids is 2. The molecule has 224 valence electrons.